The Kier molecular flexibility index (Phi) is 4.93. The Morgan fingerprint density at radius 3 is 2.62 bits per heavy atom. The quantitative estimate of drug-likeness (QED) is 0.582. The van der Waals surface area contributed by atoms with Gasteiger partial charge in [0.25, 0.3) is 0 Å². The third-order valence-electron chi connectivity index (χ3n) is 3.74. The van der Waals surface area contributed by atoms with Gasteiger partial charge in [-0.3, -0.25) is 4.68 Å². The third kappa shape index (κ3) is 3.63. The topological polar surface area (TPSA) is 30.7 Å². The van der Waals surface area contributed by atoms with Crippen LogP contribution in [0.5, 0.6) is 0 Å². The Labute approximate surface area is 151 Å². The van der Waals surface area contributed by atoms with Crippen LogP contribution in [-0.4, -0.2) is 14.8 Å². The molecule has 24 heavy (non-hydrogen) atoms. The van der Waals surface area contributed by atoms with E-state index < -0.39 is 0 Å². The summed E-state index contributed by atoms with van der Waals surface area (Å²) in [5.41, 5.74) is 3.59. The summed E-state index contributed by atoms with van der Waals surface area (Å²) in [6.07, 6.45) is 3.93. The molecule has 3 rings (SSSR count). The summed E-state index contributed by atoms with van der Waals surface area (Å²) in [4.78, 5) is 4.62. The van der Waals surface area contributed by atoms with E-state index in [1.54, 1.807) is 0 Å². The van der Waals surface area contributed by atoms with Gasteiger partial charge in [-0.15, -0.1) is 0 Å². The van der Waals surface area contributed by atoms with E-state index in [1.807, 2.05) is 54.1 Å². The molecule has 3 aromatic rings. The summed E-state index contributed by atoms with van der Waals surface area (Å²) in [5.74, 6) is 0.491. The first-order valence-corrected chi connectivity index (χ1v) is 8.67. The lowest BCUT2D eigenvalue weighted by Crippen LogP contribution is -2.06. The number of benzene rings is 1. The van der Waals surface area contributed by atoms with Crippen molar-refractivity contribution in [3.8, 4) is 0 Å². The van der Waals surface area contributed by atoms with E-state index in [0.29, 0.717) is 16.1 Å². The van der Waals surface area contributed by atoms with Gasteiger partial charge in [0, 0.05) is 22.5 Å². The first kappa shape index (κ1) is 17.0. The van der Waals surface area contributed by atoms with Crippen molar-refractivity contribution in [2.24, 2.45) is 5.92 Å². The number of nitrogens with zero attached hydrogens (tertiary/aromatic N) is 3. The van der Waals surface area contributed by atoms with E-state index in [-0.39, 0.29) is 0 Å². The van der Waals surface area contributed by atoms with Crippen LogP contribution in [0.2, 0.25) is 10.2 Å². The molecule has 3 nitrogen and oxygen atoms in total. The van der Waals surface area contributed by atoms with Crippen LogP contribution in [0.15, 0.2) is 30.3 Å². The minimum absolute atomic E-state index is 0.491. The number of fused-ring (bicyclic) bond motifs is 1. The second-order valence-electron chi connectivity index (χ2n) is 6.27. The molecule has 0 aliphatic rings. The van der Waals surface area contributed by atoms with Gasteiger partial charge < -0.3 is 0 Å². The molecule has 0 saturated carbocycles. The molecule has 2 heterocycles. The van der Waals surface area contributed by atoms with Crippen molar-refractivity contribution in [1.29, 1.82) is 0 Å². The molecule has 5 heteroatoms. The largest absolute Gasteiger partial charge is 0.253 e. The molecule has 0 unspecified atom stereocenters. The minimum atomic E-state index is 0.491. The molecule has 0 aliphatic carbocycles. The average molecular weight is 360 g/mol. The van der Waals surface area contributed by atoms with Crippen LogP contribution >= 0.6 is 23.2 Å². The van der Waals surface area contributed by atoms with Gasteiger partial charge in [-0.05, 0) is 43.2 Å². The van der Waals surface area contributed by atoms with Crippen LogP contribution < -0.4 is 0 Å². The molecule has 0 spiro atoms. The molecule has 0 atom stereocenters. The predicted octanol–water partition coefficient (Wildman–Crippen LogP) is 5.87. The van der Waals surface area contributed by atoms with Gasteiger partial charge in [0.2, 0.25) is 0 Å². The van der Waals surface area contributed by atoms with Gasteiger partial charge in [0.1, 0.15) is 5.15 Å². The number of pyridine rings is 1. The van der Waals surface area contributed by atoms with Crippen LogP contribution in [0, 0.1) is 12.8 Å². The van der Waals surface area contributed by atoms with Crippen LogP contribution in [0.1, 0.15) is 30.8 Å². The van der Waals surface area contributed by atoms with Crippen LogP contribution in [-0.2, 0) is 6.54 Å². The maximum atomic E-state index is 6.47. The normalized spacial score (nSPS) is 11.9. The van der Waals surface area contributed by atoms with Crippen molar-refractivity contribution in [1.82, 2.24) is 14.8 Å². The number of hydrogen-bond acceptors (Lipinski definition) is 2. The van der Waals surface area contributed by atoms with Crippen LogP contribution in [0.25, 0.3) is 23.1 Å². The second kappa shape index (κ2) is 6.96. The molecular formula is C19H19Cl2N3. The molecule has 0 N–H and O–H groups in total. The molecule has 124 valence electrons. The van der Waals surface area contributed by atoms with E-state index in [4.69, 9.17) is 23.2 Å². The van der Waals surface area contributed by atoms with Crippen molar-refractivity contribution >= 4 is 46.3 Å². The lowest BCUT2D eigenvalue weighted by molar-refractivity contribution is 0.482. The first-order chi connectivity index (χ1) is 11.4. The van der Waals surface area contributed by atoms with Gasteiger partial charge in [0.05, 0.1) is 16.9 Å². The van der Waals surface area contributed by atoms with Gasteiger partial charge in [0.15, 0.2) is 0 Å². The highest BCUT2D eigenvalue weighted by atomic mass is 35.5. The molecule has 0 radical (unpaired) electrons. The zero-order valence-corrected chi connectivity index (χ0v) is 15.4. The zero-order chi connectivity index (χ0) is 17.3. The highest BCUT2D eigenvalue weighted by molar-refractivity contribution is 6.31. The Balaban J connectivity index is 1.92. The number of halogens is 2. The lowest BCUT2D eigenvalue weighted by Gasteiger charge is -2.05. The number of rotatable bonds is 4. The molecule has 1 aromatic carbocycles. The second-order valence-corrected chi connectivity index (χ2v) is 7.07. The smallest absolute Gasteiger partial charge is 0.134 e. The number of aromatic nitrogens is 3. The summed E-state index contributed by atoms with van der Waals surface area (Å²) >= 11 is 12.5. The fraction of sp³-hybridized carbons (Fsp3) is 0.263. The molecule has 0 bridgehead atoms. The lowest BCUT2D eigenvalue weighted by atomic mass is 10.2. The van der Waals surface area contributed by atoms with Crippen LogP contribution in [0.4, 0.5) is 0 Å². The highest BCUT2D eigenvalue weighted by Crippen LogP contribution is 2.24. The summed E-state index contributed by atoms with van der Waals surface area (Å²) in [6, 6.07) is 9.72. The van der Waals surface area contributed by atoms with E-state index in [1.165, 1.54) is 0 Å². The van der Waals surface area contributed by atoms with Gasteiger partial charge in [-0.25, -0.2) is 4.98 Å². The zero-order valence-electron chi connectivity index (χ0n) is 13.9. The van der Waals surface area contributed by atoms with E-state index >= 15 is 0 Å². The Morgan fingerprint density at radius 2 is 1.88 bits per heavy atom. The van der Waals surface area contributed by atoms with Crippen LogP contribution in [0.3, 0.4) is 0 Å². The van der Waals surface area contributed by atoms with Gasteiger partial charge in [-0.1, -0.05) is 49.2 Å². The van der Waals surface area contributed by atoms with Gasteiger partial charge >= 0.3 is 0 Å². The molecule has 0 saturated heterocycles. The molecule has 2 aromatic heterocycles. The maximum absolute atomic E-state index is 6.47. The summed E-state index contributed by atoms with van der Waals surface area (Å²) in [6.45, 7) is 7.07. The standard InChI is InChI=1S/C19H19Cl2N3/c1-12(2)11-24-19(21)17(13(3)23-24)9-8-16-7-5-14-4-6-15(20)10-18(14)22-16/h4-10,12H,11H2,1-3H3/b9-8+. The SMILES string of the molecule is Cc1nn(CC(C)C)c(Cl)c1/C=C/c1ccc2ccc(Cl)cc2n1. The van der Waals surface area contributed by atoms with Crippen molar-refractivity contribution in [3.63, 3.8) is 0 Å². The van der Waals surface area contributed by atoms with Crippen molar-refractivity contribution in [2.45, 2.75) is 27.3 Å². The predicted molar refractivity (Wildman–Crippen MR) is 102 cm³/mol. The maximum Gasteiger partial charge on any atom is 0.134 e. The third-order valence-corrected chi connectivity index (χ3v) is 4.38. The minimum Gasteiger partial charge on any atom is -0.253 e. The van der Waals surface area contributed by atoms with Gasteiger partial charge in [-0.2, -0.15) is 5.10 Å². The van der Waals surface area contributed by atoms with E-state index in [2.05, 4.69) is 23.9 Å². The monoisotopic (exact) mass is 359 g/mol. The first-order valence-electron chi connectivity index (χ1n) is 7.91. The molecule has 0 amide bonds. The fourth-order valence-electron chi connectivity index (χ4n) is 2.59. The van der Waals surface area contributed by atoms with Crippen molar-refractivity contribution < 1.29 is 0 Å². The van der Waals surface area contributed by atoms with Crippen molar-refractivity contribution in [3.05, 3.63) is 57.5 Å². The fourth-order valence-corrected chi connectivity index (χ4v) is 3.06. The number of hydrogen-bond donors (Lipinski definition) is 0. The molecular weight excluding hydrogens is 341 g/mol. The highest BCUT2D eigenvalue weighted by Gasteiger charge is 2.11. The summed E-state index contributed by atoms with van der Waals surface area (Å²) in [5, 5.41) is 6.94. The Morgan fingerprint density at radius 1 is 1.12 bits per heavy atom. The molecule has 0 fully saturated rings. The van der Waals surface area contributed by atoms with Crippen molar-refractivity contribution in [2.75, 3.05) is 0 Å². The van der Waals surface area contributed by atoms with E-state index in [0.717, 1.165) is 34.4 Å². The average Bonchev–Trinajstić information content (AvgIpc) is 2.78. The molecule has 0 aliphatic heterocycles. The Hall–Kier alpha value is -1.84. The van der Waals surface area contributed by atoms with E-state index in [9.17, 15) is 0 Å². The number of aryl methyl sites for hydroxylation is 1. The Bertz CT molecular complexity index is 910. The summed E-state index contributed by atoms with van der Waals surface area (Å²) in [7, 11) is 0. The summed E-state index contributed by atoms with van der Waals surface area (Å²) < 4.78 is 1.86.